The lowest BCUT2D eigenvalue weighted by Crippen LogP contribution is -2.41. The van der Waals surface area contributed by atoms with Crippen molar-refractivity contribution in [2.75, 3.05) is 31.5 Å². The van der Waals surface area contributed by atoms with Crippen LogP contribution >= 0.6 is 11.3 Å². The van der Waals surface area contributed by atoms with Gasteiger partial charge in [-0.1, -0.05) is 0 Å². The summed E-state index contributed by atoms with van der Waals surface area (Å²) in [5.74, 6) is 0.0195. The number of carbonyl (C=O) groups is 2. The quantitative estimate of drug-likeness (QED) is 0.715. The lowest BCUT2D eigenvalue weighted by molar-refractivity contribution is -0.120. The maximum absolute atomic E-state index is 13.1. The number of pyridine rings is 1. The molecule has 2 aromatic heterocycles. The lowest BCUT2D eigenvalue weighted by atomic mass is 9.97. The smallest absolute Gasteiger partial charge is 0.254 e. The van der Waals surface area contributed by atoms with Gasteiger partial charge in [-0.15, -0.1) is 11.3 Å². The van der Waals surface area contributed by atoms with Gasteiger partial charge in [0.05, 0.1) is 5.56 Å². The SMILES string of the molecule is Cc1ccnc(NC(=O)C2CCN(S(=O)(=O)c3cc(C(=O)N4CCCCC4)cs3)CC2)c1. The average molecular weight is 477 g/mol. The molecule has 8 nitrogen and oxygen atoms in total. The molecule has 2 amide bonds. The number of thiophene rings is 1. The van der Waals surface area contributed by atoms with Gasteiger partial charge in [-0.05, 0) is 62.8 Å². The number of nitrogens with one attached hydrogen (secondary N) is 1. The van der Waals surface area contributed by atoms with E-state index >= 15 is 0 Å². The first-order valence-electron chi connectivity index (χ1n) is 11.0. The van der Waals surface area contributed by atoms with E-state index in [1.807, 2.05) is 13.0 Å². The van der Waals surface area contributed by atoms with Crippen LogP contribution in [0.2, 0.25) is 0 Å². The third-order valence-corrected chi connectivity index (χ3v) is 9.36. The molecular weight excluding hydrogens is 448 g/mol. The third kappa shape index (κ3) is 5.02. The molecule has 2 fully saturated rings. The van der Waals surface area contributed by atoms with Crippen molar-refractivity contribution in [2.24, 2.45) is 5.92 Å². The largest absolute Gasteiger partial charge is 0.339 e. The van der Waals surface area contributed by atoms with Crippen LogP contribution in [-0.4, -0.2) is 60.6 Å². The van der Waals surface area contributed by atoms with E-state index in [2.05, 4.69) is 10.3 Å². The molecule has 0 saturated carbocycles. The van der Waals surface area contributed by atoms with E-state index in [9.17, 15) is 18.0 Å². The number of anilines is 1. The number of hydrogen-bond acceptors (Lipinski definition) is 6. The summed E-state index contributed by atoms with van der Waals surface area (Å²) in [6, 6.07) is 5.16. The van der Waals surface area contributed by atoms with Crippen LogP contribution in [0.3, 0.4) is 0 Å². The number of likely N-dealkylation sites (tertiary alicyclic amines) is 1. The van der Waals surface area contributed by atoms with Gasteiger partial charge >= 0.3 is 0 Å². The van der Waals surface area contributed by atoms with Crippen LogP contribution in [0.1, 0.15) is 48.0 Å². The van der Waals surface area contributed by atoms with Crippen LogP contribution < -0.4 is 5.32 Å². The molecule has 0 aromatic carbocycles. The predicted molar refractivity (Wildman–Crippen MR) is 123 cm³/mol. The van der Waals surface area contributed by atoms with E-state index in [1.54, 1.807) is 22.5 Å². The summed E-state index contributed by atoms with van der Waals surface area (Å²) >= 11 is 1.09. The maximum atomic E-state index is 13.1. The molecule has 0 aliphatic carbocycles. The second-order valence-corrected chi connectivity index (χ2v) is 11.5. The minimum Gasteiger partial charge on any atom is -0.339 e. The van der Waals surface area contributed by atoms with Gasteiger partial charge in [-0.2, -0.15) is 4.31 Å². The first-order chi connectivity index (χ1) is 15.3. The molecule has 172 valence electrons. The van der Waals surface area contributed by atoms with Crippen molar-refractivity contribution >= 4 is 39.0 Å². The van der Waals surface area contributed by atoms with Gasteiger partial charge in [0.1, 0.15) is 10.0 Å². The van der Waals surface area contributed by atoms with Crippen molar-refractivity contribution in [3.63, 3.8) is 0 Å². The Kier molecular flexibility index (Phi) is 6.92. The highest BCUT2D eigenvalue weighted by Crippen LogP contribution is 2.29. The van der Waals surface area contributed by atoms with Gasteiger partial charge in [0, 0.05) is 43.7 Å². The highest BCUT2D eigenvalue weighted by atomic mass is 32.2. The molecule has 0 atom stereocenters. The summed E-state index contributed by atoms with van der Waals surface area (Å²) in [5.41, 5.74) is 1.45. The monoisotopic (exact) mass is 476 g/mol. The molecule has 4 rings (SSSR count). The highest BCUT2D eigenvalue weighted by Gasteiger charge is 2.33. The number of hydrogen-bond donors (Lipinski definition) is 1. The average Bonchev–Trinajstić information content (AvgIpc) is 3.30. The Morgan fingerprint density at radius 2 is 1.81 bits per heavy atom. The Balaban J connectivity index is 1.36. The number of aromatic nitrogens is 1. The van der Waals surface area contributed by atoms with Crippen LogP contribution in [0.15, 0.2) is 34.0 Å². The number of carbonyl (C=O) groups excluding carboxylic acids is 2. The van der Waals surface area contributed by atoms with Crippen molar-refractivity contribution in [1.29, 1.82) is 0 Å². The Bertz CT molecular complexity index is 1080. The molecule has 2 aliphatic rings. The van der Waals surface area contributed by atoms with Gasteiger partial charge in [-0.3, -0.25) is 9.59 Å². The zero-order chi connectivity index (χ0) is 22.7. The van der Waals surface area contributed by atoms with Crippen molar-refractivity contribution in [3.05, 3.63) is 40.9 Å². The van der Waals surface area contributed by atoms with E-state index in [1.165, 1.54) is 10.4 Å². The molecule has 4 heterocycles. The van der Waals surface area contributed by atoms with Gasteiger partial charge in [0.2, 0.25) is 5.91 Å². The molecule has 2 aliphatic heterocycles. The number of aryl methyl sites for hydroxylation is 1. The zero-order valence-electron chi connectivity index (χ0n) is 18.1. The molecular formula is C22H28N4O4S2. The summed E-state index contributed by atoms with van der Waals surface area (Å²) in [5, 5.41) is 4.46. The summed E-state index contributed by atoms with van der Waals surface area (Å²) in [6.45, 7) is 3.93. The van der Waals surface area contributed by atoms with Crippen molar-refractivity contribution in [1.82, 2.24) is 14.2 Å². The van der Waals surface area contributed by atoms with E-state index in [-0.39, 0.29) is 35.0 Å². The van der Waals surface area contributed by atoms with Gasteiger partial charge in [-0.25, -0.2) is 13.4 Å². The fourth-order valence-corrected chi connectivity index (χ4v) is 6.94. The minimum absolute atomic E-state index is 0.0949. The molecule has 2 saturated heterocycles. The van der Waals surface area contributed by atoms with Gasteiger partial charge < -0.3 is 10.2 Å². The summed E-state index contributed by atoms with van der Waals surface area (Å²) in [6.07, 6.45) is 5.64. The molecule has 0 radical (unpaired) electrons. The molecule has 0 spiro atoms. The molecule has 0 unspecified atom stereocenters. The Morgan fingerprint density at radius 3 is 2.50 bits per heavy atom. The maximum Gasteiger partial charge on any atom is 0.254 e. The zero-order valence-corrected chi connectivity index (χ0v) is 19.8. The van der Waals surface area contributed by atoms with Crippen LogP contribution in [-0.2, 0) is 14.8 Å². The molecule has 2 aromatic rings. The first-order valence-corrected chi connectivity index (χ1v) is 13.3. The van der Waals surface area contributed by atoms with Crippen molar-refractivity contribution < 1.29 is 18.0 Å². The van der Waals surface area contributed by atoms with Gasteiger partial charge in [0.25, 0.3) is 15.9 Å². The molecule has 32 heavy (non-hydrogen) atoms. The van der Waals surface area contributed by atoms with Crippen LogP contribution in [0.4, 0.5) is 5.82 Å². The third-order valence-electron chi connectivity index (χ3n) is 6.05. The topological polar surface area (TPSA) is 99.7 Å². The van der Waals surface area contributed by atoms with Crippen LogP contribution in [0, 0.1) is 12.8 Å². The van der Waals surface area contributed by atoms with Crippen molar-refractivity contribution in [2.45, 2.75) is 43.2 Å². The predicted octanol–water partition coefficient (Wildman–Crippen LogP) is 3.12. The summed E-state index contributed by atoms with van der Waals surface area (Å²) < 4.78 is 27.8. The fraction of sp³-hybridized carbons (Fsp3) is 0.500. The van der Waals surface area contributed by atoms with E-state index in [0.29, 0.717) is 24.2 Å². The number of sulfonamides is 1. The summed E-state index contributed by atoms with van der Waals surface area (Å²) in [4.78, 5) is 31.2. The van der Waals surface area contributed by atoms with Gasteiger partial charge in [0.15, 0.2) is 0 Å². The fourth-order valence-electron chi connectivity index (χ4n) is 4.16. The van der Waals surface area contributed by atoms with Crippen LogP contribution in [0.5, 0.6) is 0 Å². The highest BCUT2D eigenvalue weighted by molar-refractivity contribution is 7.91. The molecule has 1 N–H and O–H groups in total. The molecule has 0 bridgehead atoms. The Labute approximate surface area is 192 Å². The number of amides is 2. The van der Waals surface area contributed by atoms with E-state index < -0.39 is 10.0 Å². The lowest BCUT2D eigenvalue weighted by Gasteiger charge is -2.30. The number of nitrogens with zero attached hydrogens (tertiary/aromatic N) is 3. The second kappa shape index (κ2) is 9.68. The van der Waals surface area contributed by atoms with E-state index in [4.69, 9.17) is 0 Å². The first kappa shape index (κ1) is 22.9. The van der Waals surface area contributed by atoms with E-state index in [0.717, 1.165) is 49.3 Å². The van der Waals surface area contributed by atoms with Crippen molar-refractivity contribution in [3.8, 4) is 0 Å². The standard InChI is InChI=1S/C22H28N4O4S2/c1-16-5-8-23-19(13-16)24-21(27)17-6-11-26(12-7-17)32(29,30)20-14-18(15-31-20)22(28)25-9-3-2-4-10-25/h5,8,13-15,17H,2-4,6-7,9-12H2,1H3,(H,23,24,27). The normalized spacial score (nSPS) is 18.5. The molecule has 10 heteroatoms. The Hall–Kier alpha value is -2.30. The summed E-state index contributed by atoms with van der Waals surface area (Å²) in [7, 11) is -3.68. The number of rotatable bonds is 5. The number of piperidine rings is 2. The Morgan fingerprint density at radius 1 is 1.09 bits per heavy atom. The van der Waals surface area contributed by atoms with Crippen LogP contribution in [0.25, 0.3) is 0 Å². The minimum atomic E-state index is -3.68. The second-order valence-electron chi connectivity index (χ2n) is 8.39.